The maximum Gasteiger partial charge on any atom is 0.163 e. The zero-order valence-electron chi connectivity index (χ0n) is 16.5. The normalized spacial score (nSPS) is 20.6. The van der Waals surface area contributed by atoms with Crippen LogP contribution in [0.5, 0.6) is 0 Å². The van der Waals surface area contributed by atoms with Crippen molar-refractivity contribution in [2.24, 2.45) is 5.41 Å². The van der Waals surface area contributed by atoms with Gasteiger partial charge in [0.25, 0.3) is 0 Å². The highest BCUT2D eigenvalue weighted by Gasteiger charge is 2.39. The van der Waals surface area contributed by atoms with Crippen molar-refractivity contribution < 1.29 is 13.6 Å². The van der Waals surface area contributed by atoms with Crippen LogP contribution in [0.1, 0.15) is 49.4 Å². The maximum absolute atomic E-state index is 14.7. The third kappa shape index (κ3) is 3.19. The lowest BCUT2D eigenvalue weighted by Crippen LogP contribution is -2.31. The Morgan fingerprint density at radius 3 is 2.39 bits per heavy atom. The zero-order valence-corrected chi connectivity index (χ0v) is 16.5. The first kappa shape index (κ1) is 18.7. The molecule has 5 heteroatoms. The van der Waals surface area contributed by atoms with Crippen molar-refractivity contribution in [3.63, 3.8) is 0 Å². The number of hydrogen-bond donors (Lipinski definition) is 2. The lowest BCUT2D eigenvalue weighted by atomic mass is 9.73. The highest BCUT2D eigenvalue weighted by atomic mass is 19.1. The van der Waals surface area contributed by atoms with Crippen LogP contribution >= 0.6 is 0 Å². The Morgan fingerprint density at radius 2 is 1.68 bits per heavy atom. The molecule has 0 aromatic heterocycles. The van der Waals surface area contributed by atoms with Gasteiger partial charge in [0.2, 0.25) is 0 Å². The van der Waals surface area contributed by atoms with Gasteiger partial charge in [-0.05, 0) is 67.1 Å². The van der Waals surface area contributed by atoms with Gasteiger partial charge < -0.3 is 10.6 Å². The Morgan fingerprint density at radius 1 is 1.00 bits per heavy atom. The second kappa shape index (κ2) is 6.43. The van der Waals surface area contributed by atoms with Crippen LogP contribution < -0.4 is 10.6 Å². The first-order valence-electron chi connectivity index (χ1n) is 9.51. The summed E-state index contributed by atoms with van der Waals surface area (Å²) in [7, 11) is 0. The number of anilines is 2. The molecule has 4 rings (SSSR count). The molecule has 1 atom stereocenters. The Hall–Kier alpha value is -2.69. The van der Waals surface area contributed by atoms with Crippen molar-refractivity contribution in [3.8, 4) is 0 Å². The van der Waals surface area contributed by atoms with E-state index in [0.29, 0.717) is 18.4 Å². The van der Waals surface area contributed by atoms with Crippen LogP contribution in [0.25, 0.3) is 0 Å². The maximum atomic E-state index is 14.7. The van der Waals surface area contributed by atoms with Crippen molar-refractivity contribution in [1.29, 1.82) is 0 Å². The summed E-state index contributed by atoms with van der Waals surface area (Å²) >= 11 is 0. The van der Waals surface area contributed by atoms with Crippen LogP contribution in [-0.2, 0) is 4.79 Å². The molecule has 0 spiro atoms. The van der Waals surface area contributed by atoms with Crippen LogP contribution in [0.4, 0.5) is 20.2 Å². The number of carbonyl (C=O) groups excluding carboxylic acids is 1. The number of aryl methyl sites for hydroxylation is 2. The van der Waals surface area contributed by atoms with E-state index in [9.17, 15) is 13.6 Å². The van der Waals surface area contributed by atoms with Crippen LogP contribution in [0, 0.1) is 30.9 Å². The number of benzene rings is 2. The third-order valence-corrected chi connectivity index (χ3v) is 5.70. The average Bonchev–Trinajstić information content (AvgIpc) is 2.73. The number of carbonyl (C=O) groups is 1. The van der Waals surface area contributed by atoms with Crippen LogP contribution in [0.3, 0.4) is 0 Å². The molecule has 2 aromatic rings. The summed E-state index contributed by atoms with van der Waals surface area (Å²) in [5.74, 6) is -1.10. The Balaban J connectivity index is 1.95. The summed E-state index contributed by atoms with van der Waals surface area (Å²) in [5, 5.41) is 6.75. The zero-order chi connectivity index (χ0) is 20.2. The molecule has 1 aliphatic heterocycles. The minimum Gasteiger partial charge on any atom is -0.372 e. The van der Waals surface area contributed by atoms with Gasteiger partial charge in [0.05, 0.1) is 17.4 Å². The first-order valence-corrected chi connectivity index (χ1v) is 9.51. The number of rotatable bonds is 1. The summed E-state index contributed by atoms with van der Waals surface area (Å²) in [6, 6.07) is 6.65. The molecular formula is C23H24F2N2O. The van der Waals surface area contributed by atoms with Gasteiger partial charge in [0.1, 0.15) is 11.6 Å². The molecule has 1 aliphatic carbocycles. The molecule has 2 aromatic carbocycles. The van der Waals surface area contributed by atoms with Crippen molar-refractivity contribution in [1.82, 2.24) is 0 Å². The van der Waals surface area contributed by atoms with Gasteiger partial charge in [-0.3, -0.25) is 4.79 Å². The topological polar surface area (TPSA) is 41.1 Å². The van der Waals surface area contributed by atoms with Crippen molar-refractivity contribution >= 4 is 17.2 Å². The lowest BCUT2D eigenvalue weighted by molar-refractivity contribution is -0.118. The Bertz CT molecular complexity index is 1020. The Labute approximate surface area is 163 Å². The van der Waals surface area contributed by atoms with Gasteiger partial charge in [0, 0.05) is 23.3 Å². The summed E-state index contributed by atoms with van der Waals surface area (Å²) < 4.78 is 28.6. The number of nitrogens with one attached hydrogen (secondary N) is 2. The number of Topliss-reactive ketones (excluding diaryl/α,β-unsaturated/α-hetero) is 1. The number of halogens is 2. The quantitative estimate of drug-likeness (QED) is 0.655. The predicted molar refractivity (Wildman–Crippen MR) is 107 cm³/mol. The summed E-state index contributed by atoms with van der Waals surface area (Å²) in [6.07, 6.45) is 1.03. The van der Waals surface area contributed by atoms with Crippen LogP contribution in [0.15, 0.2) is 41.6 Å². The van der Waals surface area contributed by atoms with Crippen molar-refractivity contribution in [2.45, 2.75) is 46.6 Å². The van der Waals surface area contributed by atoms with E-state index >= 15 is 0 Å². The van der Waals surface area contributed by atoms with Gasteiger partial charge in [-0.15, -0.1) is 0 Å². The van der Waals surface area contributed by atoms with Gasteiger partial charge in [-0.25, -0.2) is 8.78 Å². The molecule has 0 radical (unpaired) electrons. The molecule has 2 N–H and O–H groups in total. The highest BCUT2D eigenvalue weighted by Crippen LogP contribution is 2.46. The minimum absolute atomic E-state index is 0.0406. The van der Waals surface area contributed by atoms with E-state index in [2.05, 4.69) is 10.6 Å². The second-order valence-corrected chi connectivity index (χ2v) is 8.68. The first-order chi connectivity index (χ1) is 13.1. The fourth-order valence-electron chi connectivity index (χ4n) is 4.18. The molecule has 0 unspecified atom stereocenters. The molecule has 0 bridgehead atoms. The summed E-state index contributed by atoms with van der Waals surface area (Å²) in [6.45, 7) is 8.13. The molecular weight excluding hydrogens is 358 g/mol. The van der Waals surface area contributed by atoms with E-state index in [-0.39, 0.29) is 16.8 Å². The van der Waals surface area contributed by atoms with E-state index in [4.69, 9.17) is 0 Å². The number of ketones is 1. The number of fused-ring (bicyclic) bond motifs is 1. The molecule has 0 fully saturated rings. The van der Waals surface area contributed by atoms with Gasteiger partial charge >= 0.3 is 0 Å². The molecule has 2 aliphatic rings. The molecule has 146 valence electrons. The fraction of sp³-hybridized carbons (Fsp3) is 0.348. The van der Waals surface area contributed by atoms with E-state index in [1.54, 1.807) is 0 Å². The Kier molecular flexibility index (Phi) is 4.29. The standard InChI is InChI=1S/C23H24F2N2O/c1-12-7-17-18(8-13(12)2)27-22(15-9-14(24)5-6-16(15)25)21-19(26-17)10-23(3,4)11-20(21)28/h5-9,22,26-27H,10-11H2,1-4H3/t22-/m0/s1. The van der Waals surface area contributed by atoms with Gasteiger partial charge in [0.15, 0.2) is 5.78 Å². The number of hydrogen-bond acceptors (Lipinski definition) is 3. The summed E-state index contributed by atoms with van der Waals surface area (Å²) in [4.78, 5) is 13.1. The highest BCUT2D eigenvalue weighted by molar-refractivity contribution is 6.01. The largest absolute Gasteiger partial charge is 0.372 e. The minimum atomic E-state index is -0.745. The lowest BCUT2D eigenvalue weighted by Gasteiger charge is -2.34. The van der Waals surface area contributed by atoms with E-state index in [1.807, 2.05) is 39.8 Å². The van der Waals surface area contributed by atoms with Crippen molar-refractivity contribution in [2.75, 3.05) is 10.6 Å². The SMILES string of the molecule is Cc1cc2c(cc1C)N[C@@H](c1cc(F)ccc1F)C1=C(CC(C)(C)CC1=O)N2. The molecule has 0 saturated carbocycles. The smallest absolute Gasteiger partial charge is 0.163 e. The monoisotopic (exact) mass is 382 g/mol. The number of allylic oxidation sites excluding steroid dienone is 1. The second-order valence-electron chi connectivity index (χ2n) is 8.68. The molecule has 3 nitrogen and oxygen atoms in total. The van der Waals surface area contributed by atoms with Crippen LogP contribution in [-0.4, -0.2) is 5.78 Å². The molecule has 28 heavy (non-hydrogen) atoms. The van der Waals surface area contributed by atoms with E-state index in [1.165, 1.54) is 6.07 Å². The van der Waals surface area contributed by atoms with Gasteiger partial charge in [-0.1, -0.05) is 13.8 Å². The van der Waals surface area contributed by atoms with Gasteiger partial charge in [-0.2, -0.15) is 0 Å². The molecule has 1 heterocycles. The average molecular weight is 382 g/mol. The van der Waals surface area contributed by atoms with Crippen molar-refractivity contribution in [3.05, 3.63) is 69.9 Å². The predicted octanol–water partition coefficient (Wildman–Crippen LogP) is 5.80. The van der Waals surface area contributed by atoms with E-state index in [0.717, 1.165) is 40.3 Å². The molecule has 0 amide bonds. The van der Waals surface area contributed by atoms with E-state index < -0.39 is 17.7 Å². The fourth-order valence-corrected chi connectivity index (χ4v) is 4.18. The summed E-state index contributed by atoms with van der Waals surface area (Å²) in [5.41, 5.74) is 5.05. The molecule has 0 saturated heterocycles. The third-order valence-electron chi connectivity index (χ3n) is 5.70. The van der Waals surface area contributed by atoms with Crippen LogP contribution in [0.2, 0.25) is 0 Å².